The minimum atomic E-state index is -0.622. The molecule has 1 aromatic rings. The summed E-state index contributed by atoms with van der Waals surface area (Å²) < 4.78 is 0. The molecule has 0 aliphatic heterocycles. The third-order valence-electron chi connectivity index (χ3n) is 1.36. The van der Waals surface area contributed by atoms with Crippen LogP contribution in [0.25, 0.3) is 0 Å². The van der Waals surface area contributed by atoms with E-state index in [-0.39, 0.29) is 5.78 Å². The van der Waals surface area contributed by atoms with Crippen LogP contribution in [-0.4, -0.2) is 17.0 Å². The molecule has 0 aliphatic carbocycles. The average molecular weight is 194 g/mol. The summed E-state index contributed by atoms with van der Waals surface area (Å²) in [4.78, 5) is 12.4. The van der Waals surface area contributed by atoms with Gasteiger partial charge in [-0.15, -0.1) is 11.3 Å². The smallest absolute Gasteiger partial charge is 0.169 e. The minimum Gasteiger partial charge on any atom is -0.381 e. The molecule has 2 nitrogen and oxygen atoms in total. The first-order valence-electron chi connectivity index (χ1n) is 3.90. The number of rotatable bonds is 1. The Balaban J connectivity index is 2.83. The van der Waals surface area contributed by atoms with Gasteiger partial charge in [0.25, 0.3) is 0 Å². The molecule has 0 aromatic carbocycles. The van der Waals surface area contributed by atoms with E-state index in [1.54, 1.807) is 19.1 Å². The molecule has 1 aromatic heterocycles. The van der Waals surface area contributed by atoms with E-state index in [4.69, 9.17) is 5.11 Å². The lowest BCUT2D eigenvalue weighted by molar-refractivity contribution is 0.102. The number of hydrogen-bond acceptors (Lipinski definition) is 3. The summed E-state index contributed by atoms with van der Waals surface area (Å²) >= 11 is 1.35. The first-order valence-corrected chi connectivity index (χ1v) is 4.71. The van der Waals surface area contributed by atoms with Gasteiger partial charge in [-0.05, 0) is 26.0 Å². The number of carbonyl (C=O) groups is 1. The average Bonchev–Trinajstić information content (AvgIpc) is 2.48. The second-order valence-electron chi connectivity index (χ2n) is 2.67. The summed E-state index contributed by atoms with van der Waals surface area (Å²) in [7, 11) is 0. The second-order valence-corrected chi connectivity index (χ2v) is 3.75. The molecule has 13 heavy (non-hydrogen) atoms. The molecule has 0 spiro atoms. The maximum absolute atomic E-state index is 10.9. The van der Waals surface area contributed by atoms with Gasteiger partial charge in [0.15, 0.2) is 5.78 Å². The van der Waals surface area contributed by atoms with Crippen molar-refractivity contribution < 1.29 is 9.90 Å². The fourth-order valence-corrected chi connectivity index (χ4v) is 1.53. The SMILES string of the molecule is CC(=O)c1ccc(C#CC(C)O)s1. The van der Waals surface area contributed by atoms with Crippen LogP contribution in [0.1, 0.15) is 28.4 Å². The predicted octanol–water partition coefficient (Wildman–Crippen LogP) is 1.68. The van der Waals surface area contributed by atoms with Crippen LogP contribution in [0.15, 0.2) is 12.1 Å². The molecule has 0 saturated heterocycles. The number of ketones is 1. The Labute approximate surface area is 81.2 Å². The molecular formula is C10H10O2S. The highest BCUT2D eigenvalue weighted by molar-refractivity contribution is 7.14. The number of carbonyl (C=O) groups excluding carboxylic acids is 1. The lowest BCUT2D eigenvalue weighted by Gasteiger charge is -1.85. The molecule has 0 aliphatic rings. The summed E-state index contributed by atoms with van der Waals surface area (Å²) in [6, 6.07) is 3.54. The Kier molecular flexibility index (Phi) is 3.24. The Hall–Kier alpha value is -1.11. The van der Waals surface area contributed by atoms with E-state index in [0.29, 0.717) is 4.88 Å². The second kappa shape index (κ2) is 4.22. The molecule has 0 fully saturated rings. The van der Waals surface area contributed by atoms with E-state index < -0.39 is 6.10 Å². The van der Waals surface area contributed by atoms with E-state index in [2.05, 4.69) is 11.8 Å². The van der Waals surface area contributed by atoms with E-state index >= 15 is 0 Å². The van der Waals surface area contributed by atoms with Gasteiger partial charge in [0, 0.05) is 0 Å². The van der Waals surface area contributed by atoms with Gasteiger partial charge < -0.3 is 5.11 Å². The monoisotopic (exact) mass is 194 g/mol. The summed E-state index contributed by atoms with van der Waals surface area (Å²) in [6.07, 6.45) is -0.622. The molecule has 1 unspecified atom stereocenters. The van der Waals surface area contributed by atoms with Crippen LogP contribution < -0.4 is 0 Å². The fourth-order valence-electron chi connectivity index (χ4n) is 0.770. The van der Waals surface area contributed by atoms with Gasteiger partial charge in [-0.25, -0.2) is 0 Å². The summed E-state index contributed by atoms with van der Waals surface area (Å²) in [5.74, 6) is 5.46. The largest absolute Gasteiger partial charge is 0.381 e. The van der Waals surface area contributed by atoms with Crippen molar-refractivity contribution in [1.82, 2.24) is 0 Å². The van der Waals surface area contributed by atoms with Crippen molar-refractivity contribution >= 4 is 17.1 Å². The van der Waals surface area contributed by atoms with E-state index in [9.17, 15) is 4.79 Å². The van der Waals surface area contributed by atoms with Crippen LogP contribution in [0.3, 0.4) is 0 Å². The van der Waals surface area contributed by atoms with Crippen molar-refractivity contribution in [3.05, 3.63) is 21.9 Å². The zero-order chi connectivity index (χ0) is 9.84. The summed E-state index contributed by atoms with van der Waals surface area (Å²) in [5, 5.41) is 8.89. The summed E-state index contributed by atoms with van der Waals surface area (Å²) in [5.41, 5.74) is 0. The van der Waals surface area contributed by atoms with Gasteiger partial charge >= 0.3 is 0 Å². The maximum Gasteiger partial charge on any atom is 0.169 e. The zero-order valence-electron chi connectivity index (χ0n) is 7.50. The Bertz CT molecular complexity index is 366. The molecule has 3 heteroatoms. The third kappa shape index (κ3) is 3.02. The summed E-state index contributed by atoms with van der Waals surface area (Å²) in [6.45, 7) is 3.13. The molecule has 1 heterocycles. The van der Waals surface area contributed by atoms with Crippen molar-refractivity contribution in [2.24, 2.45) is 0 Å². The van der Waals surface area contributed by atoms with Crippen LogP contribution >= 0.6 is 11.3 Å². The van der Waals surface area contributed by atoms with Crippen molar-refractivity contribution in [2.75, 3.05) is 0 Å². The van der Waals surface area contributed by atoms with E-state index in [1.165, 1.54) is 18.3 Å². The standard InChI is InChI=1S/C10H10O2S/c1-7(11)3-4-9-5-6-10(13-9)8(2)12/h5-7,11H,1-2H3. The van der Waals surface area contributed by atoms with Crippen LogP contribution in [0.2, 0.25) is 0 Å². The van der Waals surface area contributed by atoms with Gasteiger partial charge in [0.05, 0.1) is 9.75 Å². The first-order chi connectivity index (χ1) is 6.09. The number of Topliss-reactive ketones (excluding diaryl/α,β-unsaturated/α-hetero) is 1. The lowest BCUT2D eigenvalue weighted by Crippen LogP contribution is -1.92. The van der Waals surface area contributed by atoms with Crippen molar-refractivity contribution in [1.29, 1.82) is 0 Å². The molecule has 0 bridgehead atoms. The molecule has 0 radical (unpaired) electrons. The molecule has 0 amide bonds. The van der Waals surface area contributed by atoms with E-state index in [0.717, 1.165) is 4.88 Å². The van der Waals surface area contributed by atoms with Crippen molar-refractivity contribution in [2.45, 2.75) is 20.0 Å². The van der Waals surface area contributed by atoms with Gasteiger partial charge in [0.2, 0.25) is 0 Å². The van der Waals surface area contributed by atoms with Crippen LogP contribution in [0.5, 0.6) is 0 Å². The van der Waals surface area contributed by atoms with Crippen LogP contribution in [0.4, 0.5) is 0 Å². The highest BCUT2D eigenvalue weighted by Gasteiger charge is 2.01. The Morgan fingerprint density at radius 3 is 2.77 bits per heavy atom. The van der Waals surface area contributed by atoms with Gasteiger partial charge in [-0.2, -0.15) is 0 Å². The van der Waals surface area contributed by atoms with Gasteiger partial charge in [0.1, 0.15) is 6.10 Å². The van der Waals surface area contributed by atoms with Crippen LogP contribution in [0, 0.1) is 11.8 Å². The number of aliphatic hydroxyl groups excluding tert-OH is 1. The van der Waals surface area contributed by atoms with E-state index in [1.807, 2.05) is 0 Å². The highest BCUT2D eigenvalue weighted by Crippen LogP contribution is 2.15. The normalized spacial score (nSPS) is 11.6. The third-order valence-corrected chi connectivity index (χ3v) is 2.46. The Morgan fingerprint density at radius 2 is 2.31 bits per heavy atom. The Morgan fingerprint density at radius 1 is 1.62 bits per heavy atom. The van der Waals surface area contributed by atoms with Gasteiger partial charge in [-0.1, -0.05) is 11.8 Å². The number of thiophene rings is 1. The highest BCUT2D eigenvalue weighted by atomic mass is 32.1. The minimum absolute atomic E-state index is 0.0510. The maximum atomic E-state index is 10.9. The van der Waals surface area contributed by atoms with Crippen LogP contribution in [-0.2, 0) is 0 Å². The van der Waals surface area contributed by atoms with Crippen molar-refractivity contribution in [3.63, 3.8) is 0 Å². The quantitative estimate of drug-likeness (QED) is 0.545. The lowest BCUT2D eigenvalue weighted by atomic mass is 10.3. The van der Waals surface area contributed by atoms with Crippen molar-refractivity contribution in [3.8, 4) is 11.8 Å². The number of hydrogen-bond donors (Lipinski definition) is 1. The molecular weight excluding hydrogens is 184 g/mol. The molecule has 1 atom stereocenters. The molecule has 1 N–H and O–H groups in total. The number of aliphatic hydroxyl groups is 1. The first kappa shape index (κ1) is 9.97. The van der Waals surface area contributed by atoms with Gasteiger partial charge in [-0.3, -0.25) is 4.79 Å². The molecule has 68 valence electrons. The zero-order valence-corrected chi connectivity index (χ0v) is 8.31. The molecule has 1 rings (SSSR count). The fraction of sp³-hybridized carbons (Fsp3) is 0.300. The molecule has 0 saturated carbocycles. The topological polar surface area (TPSA) is 37.3 Å². The predicted molar refractivity (Wildman–Crippen MR) is 52.9 cm³/mol.